The maximum atomic E-state index is 5.87. The highest BCUT2D eigenvalue weighted by molar-refractivity contribution is 6.32. The van der Waals surface area contributed by atoms with Crippen LogP contribution in [0.5, 0.6) is 0 Å². The van der Waals surface area contributed by atoms with Crippen LogP contribution >= 0.6 is 11.6 Å². The molecule has 0 unspecified atom stereocenters. The number of rotatable bonds is 1. The van der Waals surface area contributed by atoms with E-state index in [0.29, 0.717) is 16.6 Å². The van der Waals surface area contributed by atoms with Crippen molar-refractivity contribution in [1.82, 2.24) is 29.8 Å². The molecule has 3 rings (SSSR count). The van der Waals surface area contributed by atoms with Gasteiger partial charge < -0.3 is 0 Å². The lowest BCUT2D eigenvalue weighted by Crippen LogP contribution is -1.91. The minimum Gasteiger partial charge on any atom is -0.277 e. The summed E-state index contributed by atoms with van der Waals surface area (Å²) >= 11 is 5.87. The molecule has 0 aliphatic rings. The summed E-state index contributed by atoms with van der Waals surface area (Å²) in [5, 5.41) is 15.0. The van der Waals surface area contributed by atoms with E-state index in [1.165, 1.54) is 0 Å². The Labute approximate surface area is 88.9 Å². The van der Waals surface area contributed by atoms with E-state index in [2.05, 4.69) is 25.4 Å². The lowest BCUT2D eigenvalue weighted by atomic mass is 10.4. The number of H-pyrrole nitrogens is 1. The molecule has 0 saturated heterocycles. The van der Waals surface area contributed by atoms with Crippen LogP contribution in [0.25, 0.3) is 17.2 Å². The van der Waals surface area contributed by atoms with Crippen molar-refractivity contribution in [3.8, 4) is 11.5 Å². The molecule has 0 spiro atoms. The van der Waals surface area contributed by atoms with Gasteiger partial charge in [0, 0.05) is 18.6 Å². The molecule has 74 valence electrons. The van der Waals surface area contributed by atoms with Gasteiger partial charge in [-0.05, 0) is 6.07 Å². The minimum absolute atomic E-state index is 0.329. The maximum Gasteiger partial charge on any atom is 0.198 e. The van der Waals surface area contributed by atoms with Gasteiger partial charge in [0.15, 0.2) is 16.6 Å². The number of fused-ring (bicyclic) bond motifs is 1. The third-order valence-corrected chi connectivity index (χ3v) is 2.29. The summed E-state index contributed by atoms with van der Waals surface area (Å²) in [7, 11) is 0. The van der Waals surface area contributed by atoms with Gasteiger partial charge in [0.25, 0.3) is 0 Å². The highest BCUT2D eigenvalue weighted by Gasteiger charge is 2.10. The van der Waals surface area contributed by atoms with Gasteiger partial charge in [-0.3, -0.25) is 9.50 Å². The first-order valence-corrected chi connectivity index (χ1v) is 4.59. The molecule has 0 amide bonds. The van der Waals surface area contributed by atoms with Gasteiger partial charge in [-0.1, -0.05) is 11.6 Å². The fourth-order valence-electron chi connectivity index (χ4n) is 1.36. The van der Waals surface area contributed by atoms with Crippen molar-refractivity contribution in [1.29, 1.82) is 0 Å². The van der Waals surface area contributed by atoms with Crippen molar-refractivity contribution in [2.45, 2.75) is 0 Å². The largest absolute Gasteiger partial charge is 0.277 e. The molecule has 7 heteroatoms. The topological polar surface area (TPSA) is 71.8 Å². The van der Waals surface area contributed by atoms with Crippen LogP contribution < -0.4 is 0 Å². The zero-order chi connectivity index (χ0) is 10.3. The summed E-state index contributed by atoms with van der Waals surface area (Å²) in [6.07, 6.45) is 5.00. The Balaban J connectivity index is 2.34. The highest BCUT2D eigenvalue weighted by atomic mass is 35.5. The molecule has 3 aromatic heterocycles. The van der Waals surface area contributed by atoms with Crippen molar-refractivity contribution in [3.05, 3.63) is 29.8 Å². The number of hydrogen-bond donors (Lipinski definition) is 1. The molecule has 0 saturated carbocycles. The second kappa shape index (κ2) is 3.03. The number of hydrogen-bond acceptors (Lipinski definition) is 4. The molecule has 15 heavy (non-hydrogen) atoms. The van der Waals surface area contributed by atoms with Crippen LogP contribution in [0.1, 0.15) is 0 Å². The van der Waals surface area contributed by atoms with E-state index in [1.54, 1.807) is 23.0 Å². The molecule has 0 aliphatic heterocycles. The summed E-state index contributed by atoms with van der Waals surface area (Å²) in [5.74, 6) is 0.659. The Kier molecular flexibility index (Phi) is 1.69. The Morgan fingerprint density at radius 1 is 1.27 bits per heavy atom. The van der Waals surface area contributed by atoms with E-state index < -0.39 is 0 Å². The molecule has 0 fully saturated rings. The van der Waals surface area contributed by atoms with E-state index >= 15 is 0 Å². The molecule has 0 aromatic carbocycles. The first kappa shape index (κ1) is 8.37. The monoisotopic (exact) mass is 220 g/mol. The van der Waals surface area contributed by atoms with Crippen molar-refractivity contribution >= 4 is 17.2 Å². The van der Waals surface area contributed by atoms with Gasteiger partial charge in [0.05, 0.1) is 0 Å². The predicted molar refractivity (Wildman–Crippen MR) is 53.4 cm³/mol. The predicted octanol–water partition coefficient (Wildman–Crippen LogP) is 1.17. The smallest absolute Gasteiger partial charge is 0.198 e. The summed E-state index contributed by atoms with van der Waals surface area (Å²) in [4.78, 5) is 3.92. The standard InChI is InChI=1S/C8H5ClN6/c9-6-8-14-13-7(5-1-2-11-12-5)15(8)4-3-10-6/h1-4H,(H,11,12). The van der Waals surface area contributed by atoms with Crippen LogP contribution in [-0.2, 0) is 0 Å². The summed E-state index contributed by atoms with van der Waals surface area (Å²) in [6.45, 7) is 0. The molecule has 3 heterocycles. The van der Waals surface area contributed by atoms with Gasteiger partial charge in [0.1, 0.15) is 5.69 Å². The molecule has 0 atom stereocenters. The zero-order valence-electron chi connectivity index (χ0n) is 7.42. The summed E-state index contributed by atoms with van der Waals surface area (Å²) in [6, 6.07) is 1.81. The normalized spacial score (nSPS) is 11.0. The lowest BCUT2D eigenvalue weighted by molar-refractivity contribution is 1.04. The van der Waals surface area contributed by atoms with Gasteiger partial charge in [-0.25, -0.2) is 4.98 Å². The maximum absolute atomic E-state index is 5.87. The highest BCUT2D eigenvalue weighted by Crippen LogP contribution is 2.18. The molecular formula is C8H5ClN6. The van der Waals surface area contributed by atoms with Crippen LogP contribution in [0.15, 0.2) is 24.7 Å². The molecule has 6 nitrogen and oxygen atoms in total. The Bertz CT molecular complexity index is 599. The molecule has 0 bridgehead atoms. The van der Waals surface area contributed by atoms with Crippen LogP contribution in [0.4, 0.5) is 0 Å². The number of aromatic nitrogens is 6. The zero-order valence-corrected chi connectivity index (χ0v) is 8.18. The quantitative estimate of drug-likeness (QED) is 0.668. The van der Waals surface area contributed by atoms with Crippen LogP contribution in [0.2, 0.25) is 5.15 Å². The molecule has 1 N–H and O–H groups in total. The van der Waals surface area contributed by atoms with E-state index in [4.69, 9.17) is 11.6 Å². The Morgan fingerprint density at radius 3 is 3.00 bits per heavy atom. The first-order chi connectivity index (χ1) is 7.36. The second-order valence-electron chi connectivity index (χ2n) is 2.91. The van der Waals surface area contributed by atoms with Crippen molar-refractivity contribution in [3.63, 3.8) is 0 Å². The third kappa shape index (κ3) is 1.18. The van der Waals surface area contributed by atoms with Gasteiger partial charge in [0.2, 0.25) is 0 Å². The van der Waals surface area contributed by atoms with Crippen molar-refractivity contribution in [2.24, 2.45) is 0 Å². The number of aromatic amines is 1. The summed E-state index contributed by atoms with van der Waals surface area (Å²) in [5.41, 5.74) is 1.31. The first-order valence-electron chi connectivity index (χ1n) is 4.21. The van der Waals surface area contributed by atoms with Crippen LogP contribution in [0.3, 0.4) is 0 Å². The average Bonchev–Trinajstić information content (AvgIpc) is 2.85. The molecule has 0 aliphatic carbocycles. The Hall–Kier alpha value is -1.95. The third-order valence-electron chi connectivity index (χ3n) is 2.03. The number of halogens is 1. The van der Waals surface area contributed by atoms with E-state index in [1.807, 2.05) is 6.07 Å². The lowest BCUT2D eigenvalue weighted by Gasteiger charge is -1.96. The van der Waals surface area contributed by atoms with Crippen LogP contribution in [0, 0.1) is 0 Å². The SMILES string of the molecule is Clc1nccn2c(-c3ccn[nH]3)nnc12. The van der Waals surface area contributed by atoms with Crippen molar-refractivity contribution in [2.75, 3.05) is 0 Å². The molecule has 0 radical (unpaired) electrons. The number of nitrogens with one attached hydrogen (secondary N) is 1. The van der Waals surface area contributed by atoms with Crippen LogP contribution in [-0.4, -0.2) is 29.8 Å². The average molecular weight is 221 g/mol. The summed E-state index contributed by atoms with van der Waals surface area (Å²) < 4.78 is 1.75. The fourth-order valence-corrected chi connectivity index (χ4v) is 1.55. The van der Waals surface area contributed by atoms with Crippen molar-refractivity contribution < 1.29 is 0 Å². The van der Waals surface area contributed by atoms with E-state index in [0.717, 1.165) is 5.69 Å². The van der Waals surface area contributed by atoms with Gasteiger partial charge >= 0.3 is 0 Å². The number of nitrogens with zero attached hydrogens (tertiary/aromatic N) is 5. The Morgan fingerprint density at radius 2 is 2.20 bits per heavy atom. The van der Waals surface area contributed by atoms with Gasteiger partial charge in [-0.15, -0.1) is 10.2 Å². The van der Waals surface area contributed by atoms with E-state index in [9.17, 15) is 0 Å². The molecule has 3 aromatic rings. The fraction of sp³-hybridized carbons (Fsp3) is 0. The van der Waals surface area contributed by atoms with E-state index in [-0.39, 0.29) is 0 Å². The van der Waals surface area contributed by atoms with Gasteiger partial charge in [-0.2, -0.15) is 5.10 Å². The molecular weight excluding hydrogens is 216 g/mol. The second-order valence-corrected chi connectivity index (χ2v) is 3.26. The minimum atomic E-state index is 0.329.